The molecule has 0 radical (unpaired) electrons. The van der Waals surface area contributed by atoms with Gasteiger partial charge in [-0.3, -0.25) is 9.59 Å². The maximum atomic E-state index is 13.0. The second kappa shape index (κ2) is 8.80. The number of rotatable bonds is 8. The predicted molar refractivity (Wildman–Crippen MR) is 109 cm³/mol. The minimum atomic E-state index is -5.72. The summed E-state index contributed by atoms with van der Waals surface area (Å²) in [6, 6.07) is 3.66. The van der Waals surface area contributed by atoms with E-state index in [1.165, 1.54) is 23.4 Å². The first kappa shape index (κ1) is 23.8. The Morgan fingerprint density at radius 2 is 1.94 bits per heavy atom. The van der Waals surface area contributed by atoms with Gasteiger partial charge in [0, 0.05) is 36.0 Å². The maximum Gasteiger partial charge on any atom is 0.456 e. The van der Waals surface area contributed by atoms with Crippen molar-refractivity contribution < 1.29 is 36.3 Å². The molecular weight excluding hydrogens is 463 g/mol. The van der Waals surface area contributed by atoms with Crippen molar-refractivity contribution in [3.8, 4) is 5.88 Å². The first-order chi connectivity index (χ1) is 16.0. The molecule has 12 heteroatoms. The molecule has 2 amide bonds. The average Bonchev–Trinajstić information content (AvgIpc) is 3.52. The van der Waals surface area contributed by atoms with Crippen molar-refractivity contribution in [1.82, 2.24) is 14.9 Å². The highest BCUT2D eigenvalue weighted by Crippen LogP contribution is 2.37. The number of pyridine rings is 2. The van der Waals surface area contributed by atoms with Crippen LogP contribution in [0.5, 0.6) is 5.88 Å². The molecule has 7 nitrogen and oxygen atoms in total. The van der Waals surface area contributed by atoms with Crippen molar-refractivity contribution in [2.24, 2.45) is 5.92 Å². The fourth-order valence-corrected chi connectivity index (χ4v) is 3.59. The molecule has 1 fully saturated rings. The number of fused-ring (bicyclic) bond motifs is 1. The van der Waals surface area contributed by atoms with Crippen molar-refractivity contribution in [1.29, 1.82) is 0 Å². The molecule has 1 atom stereocenters. The predicted octanol–water partition coefficient (Wildman–Crippen LogP) is 4.51. The number of ether oxygens (including phenoxy) is 1. The Hall–Kier alpha value is -3.31. The van der Waals surface area contributed by atoms with Crippen LogP contribution in [0.25, 0.3) is 0 Å². The maximum absolute atomic E-state index is 13.0. The van der Waals surface area contributed by atoms with Gasteiger partial charge in [-0.15, -0.1) is 0 Å². The van der Waals surface area contributed by atoms with Crippen LogP contribution < -0.4 is 10.1 Å². The molecule has 1 unspecified atom stereocenters. The van der Waals surface area contributed by atoms with Gasteiger partial charge >= 0.3 is 12.1 Å². The number of aromatic nitrogens is 2. The third-order valence-electron chi connectivity index (χ3n) is 5.83. The van der Waals surface area contributed by atoms with E-state index in [4.69, 9.17) is 0 Å². The van der Waals surface area contributed by atoms with E-state index in [2.05, 4.69) is 20.0 Å². The van der Waals surface area contributed by atoms with Crippen LogP contribution in [0.3, 0.4) is 0 Å². The normalized spacial score (nSPS) is 16.9. The third kappa shape index (κ3) is 4.95. The van der Waals surface area contributed by atoms with E-state index in [-0.39, 0.29) is 18.4 Å². The van der Waals surface area contributed by atoms with Crippen LogP contribution >= 0.6 is 0 Å². The Morgan fingerprint density at radius 1 is 1.21 bits per heavy atom. The van der Waals surface area contributed by atoms with Crippen molar-refractivity contribution in [3.05, 3.63) is 47.3 Å². The first-order valence-corrected chi connectivity index (χ1v) is 10.6. The molecule has 34 heavy (non-hydrogen) atoms. The van der Waals surface area contributed by atoms with Crippen LogP contribution in [0.1, 0.15) is 53.7 Å². The number of halogens is 5. The number of hydrogen-bond donors (Lipinski definition) is 1. The third-order valence-corrected chi connectivity index (χ3v) is 5.83. The van der Waals surface area contributed by atoms with Crippen LogP contribution in [-0.4, -0.2) is 45.4 Å². The lowest BCUT2D eigenvalue weighted by Gasteiger charge is -2.24. The molecule has 1 N–H and O–H groups in total. The van der Waals surface area contributed by atoms with E-state index in [0.29, 0.717) is 34.8 Å². The van der Waals surface area contributed by atoms with Gasteiger partial charge in [-0.25, -0.2) is 9.97 Å². The standard InChI is InChI=1S/C22H21F5N4O3/c1-12(14-4-5-18(29-9-14)34-11-21(23,24)22(25,26)27)31-10-16-15(20(31)33)6-7-28-19(16)30-17(32)8-13-2-3-13/h4-7,9,12-13H,2-3,8,10-11H2,1H3,(H,28,30,32). The lowest BCUT2D eigenvalue weighted by molar-refractivity contribution is -0.290. The number of carbonyl (C=O) groups excluding carboxylic acids is 2. The Bertz CT molecular complexity index is 1090. The van der Waals surface area contributed by atoms with Crippen LogP contribution in [0.15, 0.2) is 30.6 Å². The molecule has 2 aliphatic rings. The lowest BCUT2D eigenvalue weighted by atomic mass is 10.1. The molecule has 2 aromatic rings. The molecule has 1 aliphatic carbocycles. The zero-order chi connectivity index (χ0) is 24.7. The summed E-state index contributed by atoms with van der Waals surface area (Å²) in [5, 5.41) is 2.78. The van der Waals surface area contributed by atoms with Gasteiger partial charge in [0.05, 0.1) is 12.6 Å². The largest absolute Gasteiger partial charge is 0.471 e. The molecule has 1 aliphatic heterocycles. The fraction of sp³-hybridized carbons (Fsp3) is 0.455. The highest BCUT2D eigenvalue weighted by molar-refractivity contribution is 6.01. The monoisotopic (exact) mass is 484 g/mol. The summed E-state index contributed by atoms with van der Waals surface area (Å²) < 4.78 is 67.4. The number of carbonyl (C=O) groups is 2. The lowest BCUT2D eigenvalue weighted by Crippen LogP contribution is -2.41. The smallest absolute Gasteiger partial charge is 0.456 e. The highest BCUT2D eigenvalue weighted by atomic mass is 19.4. The van der Waals surface area contributed by atoms with E-state index in [1.807, 2.05) is 0 Å². The van der Waals surface area contributed by atoms with Gasteiger partial charge in [0.15, 0.2) is 6.61 Å². The van der Waals surface area contributed by atoms with Crippen LogP contribution in [0.2, 0.25) is 0 Å². The molecule has 0 aromatic carbocycles. The zero-order valence-corrected chi connectivity index (χ0v) is 18.0. The summed E-state index contributed by atoms with van der Waals surface area (Å²) in [4.78, 5) is 34.7. The van der Waals surface area contributed by atoms with Crippen LogP contribution in [-0.2, 0) is 11.3 Å². The number of nitrogens with zero attached hydrogens (tertiary/aromatic N) is 3. The van der Waals surface area contributed by atoms with Gasteiger partial charge in [-0.1, -0.05) is 6.07 Å². The van der Waals surface area contributed by atoms with Gasteiger partial charge in [-0.2, -0.15) is 22.0 Å². The van der Waals surface area contributed by atoms with Crippen molar-refractivity contribution >= 4 is 17.6 Å². The molecule has 4 rings (SSSR count). The van der Waals surface area contributed by atoms with Crippen molar-refractivity contribution in [2.75, 3.05) is 11.9 Å². The summed E-state index contributed by atoms with van der Waals surface area (Å²) in [5.41, 5.74) is 1.51. The van der Waals surface area contributed by atoms with Crippen LogP contribution in [0.4, 0.5) is 27.8 Å². The highest BCUT2D eigenvalue weighted by Gasteiger charge is 2.58. The number of alkyl halides is 5. The van der Waals surface area contributed by atoms with Crippen molar-refractivity contribution in [3.63, 3.8) is 0 Å². The number of amides is 2. The summed E-state index contributed by atoms with van der Waals surface area (Å²) in [6.07, 6.45) is -0.563. The summed E-state index contributed by atoms with van der Waals surface area (Å²) >= 11 is 0. The number of hydrogen-bond acceptors (Lipinski definition) is 5. The molecule has 1 saturated carbocycles. The van der Waals surface area contributed by atoms with E-state index < -0.39 is 30.6 Å². The Labute approximate surface area is 191 Å². The van der Waals surface area contributed by atoms with Gasteiger partial charge in [0.2, 0.25) is 11.8 Å². The fourth-order valence-electron chi connectivity index (χ4n) is 3.59. The zero-order valence-electron chi connectivity index (χ0n) is 18.0. The molecular formula is C22H21F5N4O3. The van der Waals surface area contributed by atoms with Crippen LogP contribution in [0, 0.1) is 5.92 Å². The Kier molecular flexibility index (Phi) is 6.17. The van der Waals surface area contributed by atoms with Gasteiger partial charge in [-0.05, 0) is 37.3 Å². The minimum Gasteiger partial charge on any atom is -0.471 e. The van der Waals surface area contributed by atoms with E-state index >= 15 is 0 Å². The van der Waals surface area contributed by atoms with Gasteiger partial charge in [0.1, 0.15) is 5.82 Å². The first-order valence-electron chi connectivity index (χ1n) is 10.6. The summed E-state index contributed by atoms with van der Waals surface area (Å²) in [7, 11) is 0. The average molecular weight is 484 g/mol. The minimum absolute atomic E-state index is 0.154. The molecule has 3 heterocycles. The van der Waals surface area contributed by atoms with E-state index in [0.717, 1.165) is 18.9 Å². The summed E-state index contributed by atoms with van der Waals surface area (Å²) in [6.45, 7) is 0.0107. The molecule has 2 aromatic heterocycles. The Morgan fingerprint density at radius 3 is 2.56 bits per heavy atom. The summed E-state index contributed by atoms with van der Waals surface area (Å²) in [5.74, 6) is -5.12. The second-order valence-corrected chi connectivity index (χ2v) is 8.41. The van der Waals surface area contributed by atoms with Gasteiger partial charge < -0.3 is 15.0 Å². The SMILES string of the molecule is CC(c1ccc(OCC(F)(F)C(F)(F)F)nc1)N1Cc2c(ccnc2NC(=O)CC2CC2)C1=O. The molecule has 0 spiro atoms. The number of anilines is 1. The molecule has 0 saturated heterocycles. The van der Waals surface area contributed by atoms with E-state index in [9.17, 15) is 31.5 Å². The number of nitrogens with one attached hydrogen (secondary N) is 1. The molecule has 182 valence electrons. The van der Waals surface area contributed by atoms with Crippen molar-refractivity contribution in [2.45, 2.75) is 50.9 Å². The van der Waals surface area contributed by atoms with Gasteiger partial charge in [0.25, 0.3) is 5.91 Å². The second-order valence-electron chi connectivity index (χ2n) is 8.41. The topological polar surface area (TPSA) is 84.4 Å². The Balaban J connectivity index is 1.42. The van der Waals surface area contributed by atoms with E-state index in [1.54, 1.807) is 13.0 Å². The molecule has 0 bridgehead atoms. The quantitative estimate of drug-likeness (QED) is 0.558.